The molecule has 1 unspecified atom stereocenters. The van der Waals surface area contributed by atoms with Crippen molar-refractivity contribution in [3.05, 3.63) is 62.9 Å². The van der Waals surface area contributed by atoms with Crippen LogP contribution < -0.4 is 5.73 Å². The molecule has 0 heterocycles. The third-order valence-electron chi connectivity index (χ3n) is 2.75. The fourth-order valence-corrected chi connectivity index (χ4v) is 3.54. The minimum Gasteiger partial charge on any atom is -0.398 e. The van der Waals surface area contributed by atoms with Crippen molar-refractivity contribution in [3.63, 3.8) is 0 Å². The Morgan fingerprint density at radius 1 is 1.33 bits per heavy atom. The minimum atomic E-state index is -1.72. The number of nitrogen functional groups attached to an aromatic ring is 1. The third-order valence-corrected chi connectivity index (χ3v) is 4.66. The molecular formula is C13H10ClFN2O3S. The second-order valence-corrected chi connectivity index (χ2v) is 5.97. The van der Waals surface area contributed by atoms with Crippen LogP contribution in [0.1, 0.15) is 5.56 Å². The molecule has 0 spiro atoms. The van der Waals surface area contributed by atoms with Gasteiger partial charge in [0, 0.05) is 17.3 Å². The Bertz CT molecular complexity index is 719. The van der Waals surface area contributed by atoms with Crippen molar-refractivity contribution in [3.8, 4) is 0 Å². The number of hydrogen-bond acceptors (Lipinski definition) is 4. The number of benzene rings is 2. The van der Waals surface area contributed by atoms with Crippen molar-refractivity contribution in [1.29, 1.82) is 0 Å². The largest absolute Gasteiger partial charge is 0.398 e. The predicted octanol–water partition coefficient (Wildman–Crippen LogP) is 3.28. The van der Waals surface area contributed by atoms with E-state index in [1.54, 1.807) is 6.07 Å². The molecule has 0 radical (unpaired) electrons. The molecular weight excluding hydrogens is 319 g/mol. The lowest BCUT2D eigenvalue weighted by Crippen LogP contribution is -2.04. The topological polar surface area (TPSA) is 86.2 Å². The van der Waals surface area contributed by atoms with Crippen molar-refractivity contribution in [2.24, 2.45) is 0 Å². The summed E-state index contributed by atoms with van der Waals surface area (Å²) in [6.07, 6.45) is 0. The van der Waals surface area contributed by atoms with Crippen LogP contribution in [0, 0.1) is 15.9 Å². The second kappa shape index (κ2) is 6.19. The van der Waals surface area contributed by atoms with E-state index in [0.717, 1.165) is 18.2 Å². The Kier molecular flexibility index (Phi) is 4.54. The number of hydrogen-bond donors (Lipinski definition) is 1. The van der Waals surface area contributed by atoms with Crippen molar-refractivity contribution in [2.45, 2.75) is 10.6 Å². The van der Waals surface area contributed by atoms with E-state index in [1.165, 1.54) is 12.1 Å². The lowest BCUT2D eigenvalue weighted by atomic mass is 10.2. The van der Waals surface area contributed by atoms with Crippen molar-refractivity contribution in [1.82, 2.24) is 0 Å². The Morgan fingerprint density at radius 3 is 2.67 bits per heavy atom. The van der Waals surface area contributed by atoms with E-state index in [1.807, 2.05) is 0 Å². The van der Waals surface area contributed by atoms with E-state index in [2.05, 4.69) is 0 Å². The first-order valence-corrected chi connectivity index (χ1v) is 7.45. The first-order chi connectivity index (χ1) is 9.90. The zero-order valence-corrected chi connectivity index (χ0v) is 12.2. The summed E-state index contributed by atoms with van der Waals surface area (Å²) in [6, 6.07) is 7.66. The molecule has 0 aromatic heterocycles. The van der Waals surface area contributed by atoms with Crippen LogP contribution in [0.2, 0.25) is 5.02 Å². The average molecular weight is 329 g/mol. The molecule has 2 aromatic carbocycles. The van der Waals surface area contributed by atoms with E-state index in [9.17, 15) is 18.7 Å². The predicted molar refractivity (Wildman–Crippen MR) is 79.0 cm³/mol. The van der Waals surface area contributed by atoms with Crippen LogP contribution in [0.5, 0.6) is 0 Å². The number of rotatable bonds is 4. The fourth-order valence-electron chi connectivity index (χ4n) is 1.83. The summed E-state index contributed by atoms with van der Waals surface area (Å²) in [5, 5.41) is 11.1. The maximum Gasteiger partial charge on any atom is 0.273 e. The van der Waals surface area contributed by atoms with Crippen LogP contribution >= 0.6 is 11.6 Å². The molecule has 2 rings (SSSR count). The molecule has 0 saturated heterocycles. The van der Waals surface area contributed by atoms with Gasteiger partial charge in [-0.15, -0.1) is 0 Å². The molecule has 110 valence electrons. The van der Waals surface area contributed by atoms with E-state index in [4.69, 9.17) is 17.3 Å². The van der Waals surface area contributed by atoms with Gasteiger partial charge in [0.15, 0.2) is 0 Å². The molecule has 0 aliphatic rings. The van der Waals surface area contributed by atoms with Gasteiger partial charge >= 0.3 is 0 Å². The Labute approximate surface area is 127 Å². The van der Waals surface area contributed by atoms with Gasteiger partial charge in [0.2, 0.25) is 0 Å². The van der Waals surface area contributed by atoms with Crippen molar-refractivity contribution < 1.29 is 13.5 Å². The van der Waals surface area contributed by atoms with Crippen LogP contribution in [0.3, 0.4) is 0 Å². The summed E-state index contributed by atoms with van der Waals surface area (Å²) in [5.41, 5.74) is 5.67. The molecule has 2 aromatic rings. The summed E-state index contributed by atoms with van der Waals surface area (Å²) in [4.78, 5) is 10.5. The van der Waals surface area contributed by atoms with Gasteiger partial charge in [-0.2, -0.15) is 0 Å². The summed E-state index contributed by atoms with van der Waals surface area (Å²) < 4.78 is 25.6. The molecule has 0 saturated carbocycles. The smallest absolute Gasteiger partial charge is 0.273 e. The normalized spacial score (nSPS) is 12.1. The van der Waals surface area contributed by atoms with Crippen molar-refractivity contribution in [2.75, 3.05) is 5.73 Å². The summed E-state index contributed by atoms with van der Waals surface area (Å²) in [6.45, 7) is 0. The Hall–Kier alpha value is -1.99. The number of anilines is 1. The highest BCUT2D eigenvalue weighted by Gasteiger charge is 2.20. The SMILES string of the molecule is Nc1cccc(Cl)c1S(=O)Cc1cc(F)ccc1[N+](=O)[O-]. The molecule has 8 heteroatoms. The lowest BCUT2D eigenvalue weighted by molar-refractivity contribution is -0.385. The average Bonchev–Trinajstić information content (AvgIpc) is 2.38. The zero-order chi connectivity index (χ0) is 15.6. The van der Waals surface area contributed by atoms with Gasteiger partial charge in [-0.1, -0.05) is 17.7 Å². The number of nitrogens with zero attached hydrogens (tertiary/aromatic N) is 1. The van der Waals surface area contributed by atoms with Gasteiger partial charge in [-0.05, 0) is 24.3 Å². The van der Waals surface area contributed by atoms with Crippen LogP contribution in [0.15, 0.2) is 41.3 Å². The van der Waals surface area contributed by atoms with Gasteiger partial charge in [-0.25, -0.2) is 4.39 Å². The number of nitro benzene ring substituents is 1. The van der Waals surface area contributed by atoms with Gasteiger partial charge in [0.1, 0.15) is 5.82 Å². The zero-order valence-electron chi connectivity index (χ0n) is 10.6. The molecule has 1 atom stereocenters. The molecule has 0 bridgehead atoms. The molecule has 0 amide bonds. The van der Waals surface area contributed by atoms with Gasteiger partial charge < -0.3 is 5.73 Å². The second-order valence-electron chi connectivity index (χ2n) is 4.18. The first-order valence-electron chi connectivity index (χ1n) is 5.75. The minimum absolute atomic E-state index is 0.0256. The quantitative estimate of drug-likeness (QED) is 0.530. The summed E-state index contributed by atoms with van der Waals surface area (Å²) in [7, 11) is -1.72. The molecule has 2 N–H and O–H groups in total. The van der Waals surface area contributed by atoms with E-state index < -0.39 is 21.5 Å². The van der Waals surface area contributed by atoms with Crippen LogP contribution in [0.4, 0.5) is 15.8 Å². The standard InChI is InChI=1S/C13H10ClFN2O3S/c14-10-2-1-3-11(16)13(10)21(20)7-8-6-9(15)4-5-12(8)17(18)19/h1-6H,7,16H2. The summed E-state index contributed by atoms with van der Waals surface area (Å²) in [5.74, 6) is -0.887. The highest BCUT2D eigenvalue weighted by Crippen LogP contribution is 2.29. The van der Waals surface area contributed by atoms with Crippen molar-refractivity contribution >= 4 is 33.8 Å². The summed E-state index contributed by atoms with van der Waals surface area (Å²) >= 11 is 5.94. The first kappa shape index (κ1) is 15.4. The van der Waals surface area contributed by atoms with E-state index in [-0.39, 0.29) is 32.6 Å². The van der Waals surface area contributed by atoms with Crippen LogP contribution in [0.25, 0.3) is 0 Å². The number of nitrogens with two attached hydrogens (primary N) is 1. The highest BCUT2D eigenvalue weighted by atomic mass is 35.5. The fraction of sp³-hybridized carbons (Fsp3) is 0.0769. The Balaban J connectivity index is 2.40. The van der Waals surface area contributed by atoms with Gasteiger partial charge in [-0.3, -0.25) is 14.3 Å². The monoisotopic (exact) mass is 328 g/mol. The maximum absolute atomic E-state index is 13.2. The van der Waals surface area contributed by atoms with E-state index >= 15 is 0 Å². The molecule has 21 heavy (non-hydrogen) atoms. The maximum atomic E-state index is 13.2. The van der Waals surface area contributed by atoms with Crippen LogP contribution in [-0.2, 0) is 16.6 Å². The van der Waals surface area contributed by atoms with Crippen LogP contribution in [-0.4, -0.2) is 9.13 Å². The Morgan fingerprint density at radius 2 is 2.05 bits per heavy atom. The van der Waals surface area contributed by atoms with E-state index in [0.29, 0.717) is 0 Å². The van der Waals surface area contributed by atoms with Gasteiger partial charge in [0.05, 0.1) is 31.4 Å². The highest BCUT2D eigenvalue weighted by molar-refractivity contribution is 7.84. The molecule has 0 fully saturated rings. The lowest BCUT2D eigenvalue weighted by Gasteiger charge is -2.08. The number of halogens is 2. The molecule has 0 aliphatic heterocycles. The van der Waals surface area contributed by atoms with Gasteiger partial charge in [0.25, 0.3) is 5.69 Å². The number of nitro groups is 1. The molecule has 5 nitrogen and oxygen atoms in total. The molecule has 0 aliphatic carbocycles. The third kappa shape index (κ3) is 3.37.